The SMILES string of the molecule is COc1ccc(-c2nc(C(=O)NC3CCN(C(=O)Nc4ccccc4)CC3)cs2)cc1OC. The molecule has 2 heterocycles. The molecule has 0 spiro atoms. The van der Waals surface area contributed by atoms with E-state index in [-0.39, 0.29) is 18.0 Å². The lowest BCUT2D eigenvalue weighted by molar-refractivity contribution is 0.0915. The molecule has 8 nitrogen and oxygen atoms in total. The van der Waals surface area contributed by atoms with E-state index in [1.54, 1.807) is 24.5 Å². The van der Waals surface area contributed by atoms with E-state index in [2.05, 4.69) is 15.6 Å². The number of benzene rings is 2. The average molecular weight is 467 g/mol. The van der Waals surface area contributed by atoms with Crippen molar-refractivity contribution < 1.29 is 19.1 Å². The first-order valence-electron chi connectivity index (χ1n) is 10.7. The summed E-state index contributed by atoms with van der Waals surface area (Å²) in [6.07, 6.45) is 1.39. The van der Waals surface area contributed by atoms with Crippen LogP contribution in [0.2, 0.25) is 0 Å². The standard InChI is InChI=1S/C24H26N4O4S/c1-31-20-9-8-16(14-21(20)32-2)23-27-19(15-33-23)22(29)25-18-10-12-28(13-11-18)24(30)26-17-6-4-3-5-7-17/h3-9,14-15,18H,10-13H2,1-2H3,(H,25,29)(H,26,30). The third-order valence-corrected chi connectivity index (χ3v) is 6.40. The molecule has 0 atom stereocenters. The first-order valence-corrected chi connectivity index (χ1v) is 11.5. The zero-order valence-electron chi connectivity index (χ0n) is 18.5. The van der Waals surface area contributed by atoms with Gasteiger partial charge in [-0.15, -0.1) is 11.3 Å². The van der Waals surface area contributed by atoms with Crippen LogP contribution in [0.5, 0.6) is 11.5 Å². The molecule has 33 heavy (non-hydrogen) atoms. The van der Waals surface area contributed by atoms with Gasteiger partial charge in [-0.25, -0.2) is 9.78 Å². The second-order valence-electron chi connectivity index (χ2n) is 7.64. The minimum Gasteiger partial charge on any atom is -0.493 e. The molecular formula is C24H26N4O4S. The van der Waals surface area contributed by atoms with Crippen molar-refractivity contribution in [3.8, 4) is 22.1 Å². The van der Waals surface area contributed by atoms with E-state index in [4.69, 9.17) is 9.47 Å². The van der Waals surface area contributed by atoms with Crippen LogP contribution < -0.4 is 20.1 Å². The van der Waals surface area contributed by atoms with Gasteiger partial charge >= 0.3 is 6.03 Å². The van der Waals surface area contributed by atoms with Crippen LogP contribution in [0.1, 0.15) is 23.3 Å². The molecule has 1 saturated heterocycles. The number of hydrogen-bond donors (Lipinski definition) is 2. The maximum absolute atomic E-state index is 12.7. The van der Waals surface area contributed by atoms with Crippen molar-refractivity contribution in [2.75, 3.05) is 32.6 Å². The van der Waals surface area contributed by atoms with Gasteiger partial charge in [0.2, 0.25) is 0 Å². The summed E-state index contributed by atoms with van der Waals surface area (Å²) in [5.74, 6) is 1.05. The van der Waals surface area contributed by atoms with E-state index >= 15 is 0 Å². The minimum atomic E-state index is -0.204. The molecule has 1 fully saturated rings. The van der Waals surface area contributed by atoms with E-state index < -0.39 is 0 Å². The Bertz CT molecular complexity index is 1110. The molecular weight excluding hydrogens is 440 g/mol. The summed E-state index contributed by atoms with van der Waals surface area (Å²) in [5, 5.41) is 8.44. The van der Waals surface area contributed by atoms with Crippen molar-refractivity contribution in [2.24, 2.45) is 0 Å². The Labute approximate surface area is 196 Å². The number of ether oxygens (including phenoxy) is 2. The Morgan fingerprint density at radius 1 is 1.03 bits per heavy atom. The third-order valence-electron chi connectivity index (χ3n) is 5.51. The monoisotopic (exact) mass is 466 g/mol. The molecule has 1 aliphatic heterocycles. The van der Waals surface area contributed by atoms with Crippen molar-refractivity contribution >= 4 is 29.0 Å². The topological polar surface area (TPSA) is 92.8 Å². The summed E-state index contributed by atoms with van der Waals surface area (Å²) in [6, 6.07) is 14.8. The number of likely N-dealkylation sites (tertiary alicyclic amines) is 1. The largest absolute Gasteiger partial charge is 0.493 e. The van der Waals surface area contributed by atoms with Gasteiger partial charge in [-0.1, -0.05) is 18.2 Å². The van der Waals surface area contributed by atoms with Gasteiger partial charge in [0.25, 0.3) is 5.91 Å². The van der Waals surface area contributed by atoms with E-state index in [9.17, 15) is 9.59 Å². The Hall–Kier alpha value is -3.59. The Morgan fingerprint density at radius 2 is 1.76 bits per heavy atom. The van der Waals surface area contributed by atoms with Crippen LogP contribution in [-0.2, 0) is 0 Å². The lowest BCUT2D eigenvalue weighted by Gasteiger charge is -2.32. The fraction of sp³-hybridized carbons (Fsp3) is 0.292. The van der Waals surface area contributed by atoms with Crippen LogP contribution in [0.25, 0.3) is 10.6 Å². The normalized spacial score (nSPS) is 13.9. The number of urea groups is 1. The molecule has 0 saturated carbocycles. The highest BCUT2D eigenvalue weighted by Gasteiger charge is 2.25. The highest BCUT2D eigenvalue weighted by atomic mass is 32.1. The quantitative estimate of drug-likeness (QED) is 0.567. The Kier molecular flexibility index (Phi) is 7.09. The number of amides is 3. The predicted octanol–water partition coefficient (Wildman–Crippen LogP) is 4.25. The molecule has 3 amide bonds. The molecule has 0 radical (unpaired) electrons. The van der Waals surface area contributed by atoms with Crippen LogP contribution in [0.4, 0.5) is 10.5 Å². The van der Waals surface area contributed by atoms with Crippen molar-refractivity contribution in [1.29, 1.82) is 0 Å². The number of thiazole rings is 1. The molecule has 0 aliphatic carbocycles. The highest BCUT2D eigenvalue weighted by molar-refractivity contribution is 7.13. The van der Waals surface area contributed by atoms with Gasteiger partial charge in [0.05, 0.1) is 14.2 Å². The highest BCUT2D eigenvalue weighted by Crippen LogP contribution is 2.33. The predicted molar refractivity (Wildman–Crippen MR) is 128 cm³/mol. The van der Waals surface area contributed by atoms with Gasteiger partial charge in [0.1, 0.15) is 10.7 Å². The fourth-order valence-corrected chi connectivity index (χ4v) is 4.49. The minimum absolute atomic E-state index is 0.00417. The smallest absolute Gasteiger partial charge is 0.321 e. The molecule has 2 aromatic carbocycles. The van der Waals surface area contributed by atoms with Crippen molar-refractivity contribution in [3.05, 3.63) is 59.6 Å². The van der Waals surface area contributed by atoms with E-state index in [0.29, 0.717) is 43.1 Å². The maximum atomic E-state index is 12.7. The Morgan fingerprint density at radius 3 is 2.45 bits per heavy atom. The molecule has 3 aromatic rings. The van der Waals surface area contributed by atoms with Gasteiger partial charge in [-0.2, -0.15) is 0 Å². The number of methoxy groups -OCH3 is 2. The van der Waals surface area contributed by atoms with E-state index in [1.807, 2.05) is 48.5 Å². The van der Waals surface area contributed by atoms with E-state index in [1.165, 1.54) is 11.3 Å². The molecule has 1 aliphatic rings. The second-order valence-corrected chi connectivity index (χ2v) is 8.50. The molecule has 0 bridgehead atoms. The number of nitrogens with zero attached hydrogens (tertiary/aromatic N) is 2. The second kappa shape index (κ2) is 10.4. The van der Waals surface area contributed by atoms with Gasteiger partial charge in [0.15, 0.2) is 11.5 Å². The van der Waals surface area contributed by atoms with Crippen LogP contribution in [-0.4, -0.2) is 55.2 Å². The van der Waals surface area contributed by atoms with Crippen LogP contribution >= 0.6 is 11.3 Å². The number of anilines is 1. The van der Waals surface area contributed by atoms with Crippen LogP contribution in [0, 0.1) is 0 Å². The lowest BCUT2D eigenvalue weighted by Crippen LogP contribution is -2.47. The summed E-state index contributed by atoms with van der Waals surface area (Å²) in [4.78, 5) is 31.5. The third kappa shape index (κ3) is 5.43. The molecule has 1 aromatic heterocycles. The molecule has 2 N–H and O–H groups in total. The molecule has 4 rings (SSSR count). The molecule has 0 unspecified atom stereocenters. The van der Waals surface area contributed by atoms with Crippen LogP contribution in [0.3, 0.4) is 0 Å². The van der Waals surface area contributed by atoms with Crippen molar-refractivity contribution in [2.45, 2.75) is 18.9 Å². The number of aromatic nitrogens is 1. The number of rotatable bonds is 6. The lowest BCUT2D eigenvalue weighted by atomic mass is 10.1. The summed E-state index contributed by atoms with van der Waals surface area (Å²) in [7, 11) is 3.17. The number of carbonyl (C=O) groups is 2. The first kappa shape index (κ1) is 22.6. The van der Waals surface area contributed by atoms with Gasteiger partial charge < -0.3 is 25.0 Å². The van der Waals surface area contributed by atoms with Crippen LogP contribution in [0.15, 0.2) is 53.9 Å². The van der Waals surface area contributed by atoms with Gasteiger partial charge in [-0.3, -0.25) is 4.79 Å². The van der Waals surface area contributed by atoms with Gasteiger partial charge in [-0.05, 0) is 43.2 Å². The van der Waals surface area contributed by atoms with Crippen molar-refractivity contribution in [1.82, 2.24) is 15.2 Å². The number of piperidine rings is 1. The average Bonchev–Trinajstić information content (AvgIpc) is 3.35. The number of hydrogen-bond acceptors (Lipinski definition) is 6. The molecule has 172 valence electrons. The van der Waals surface area contributed by atoms with Crippen molar-refractivity contribution in [3.63, 3.8) is 0 Å². The fourth-order valence-electron chi connectivity index (χ4n) is 3.69. The number of nitrogens with one attached hydrogen (secondary N) is 2. The Balaban J connectivity index is 1.31. The maximum Gasteiger partial charge on any atom is 0.321 e. The number of para-hydroxylation sites is 1. The zero-order valence-corrected chi connectivity index (χ0v) is 19.4. The summed E-state index contributed by atoms with van der Waals surface area (Å²) in [5.41, 5.74) is 2.01. The summed E-state index contributed by atoms with van der Waals surface area (Å²) >= 11 is 1.40. The number of carbonyl (C=O) groups excluding carboxylic acids is 2. The summed E-state index contributed by atoms with van der Waals surface area (Å²) in [6.45, 7) is 1.16. The first-order chi connectivity index (χ1) is 16.1. The molecule has 9 heteroatoms. The van der Waals surface area contributed by atoms with E-state index in [0.717, 1.165) is 16.3 Å². The zero-order chi connectivity index (χ0) is 23.2. The van der Waals surface area contributed by atoms with Gasteiger partial charge in [0, 0.05) is 35.8 Å². The summed E-state index contributed by atoms with van der Waals surface area (Å²) < 4.78 is 10.6.